The topological polar surface area (TPSA) is 79.8 Å². The van der Waals surface area contributed by atoms with Gasteiger partial charge in [-0.05, 0) is 53.3 Å². The van der Waals surface area contributed by atoms with Gasteiger partial charge in [0.05, 0.1) is 26.3 Å². The Bertz CT molecular complexity index is 1630. The van der Waals surface area contributed by atoms with Gasteiger partial charge >= 0.3 is 5.69 Å². The molecule has 0 amide bonds. The van der Waals surface area contributed by atoms with E-state index in [-0.39, 0.29) is 17.8 Å². The standard InChI is InChI=1S/C24H21ClN4O4S/c1-32-19-7-6-15(13-20(19)33-2)8-10-27-22(30)21-18(9-11-34-21)29-23(27)26-28(24(29)31)14-16-4-3-5-17(25)12-16/h3-7,9,11-13H,8,10,14H2,1-2H3. The van der Waals surface area contributed by atoms with Crippen LogP contribution < -0.4 is 20.7 Å². The quantitative estimate of drug-likeness (QED) is 0.342. The molecule has 2 aromatic carbocycles. The van der Waals surface area contributed by atoms with Crippen molar-refractivity contribution in [2.75, 3.05) is 14.2 Å². The molecule has 8 nitrogen and oxygen atoms in total. The maximum Gasteiger partial charge on any atom is 0.352 e. The van der Waals surface area contributed by atoms with Gasteiger partial charge in [0.15, 0.2) is 11.5 Å². The second kappa shape index (κ2) is 9.00. The van der Waals surface area contributed by atoms with Crippen molar-refractivity contribution in [1.29, 1.82) is 0 Å². The van der Waals surface area contributed by atoms with E-state index in [1.807, 2.05) is 35.7 Å². The molecule has 0 N–H and O–H groups in total. The smallest absolute Gasteiger partial charge is 0.352 e. The molecule has 0 unspecified atom stereocenters. The molecule has 0 aliphatic carbocycles. The van der Waals surface area contributed by atoms with Crippen LogP contribution in [0.3, 0.4) is 0 Å². The normalized spacial score (nSPS) is 11.4. The molecular weight excluding hydrogens is 476 g/mol. The van der Waals surface area contributed by atoms with Crippen molar-refractivity contribution in [3.63, 3.8) is 0 Å². The molecule has 0 aliphatic heterocycles. The van der Waals surface area contributed by atoms with Crippen LogP contribution in [-0.2, 0) is 19.5 Å². The molecule has 34 heavy (non-hydrogen) atoms. The third kappa shape index (κ3) is 3.86. The molecule has 0 saturated carbocycles. The van der Waals surface area contributed by atoms with Gasteiger partial charge < -0.3 is 9.47 Å². The fourth-order valence-corrected chi connectivity index (χ4v) is 5.06. The zero-order chi connectivity index (χ0) is 23.8. The van der Waals surface area contributed by atoms with Crippen molar-refractivity contribution >= 4 is 38.9 Å². The summed E-state index contributed by atoms with van der Waals surface area (Å²) in [5.41, 5.74) is 1.90. The number of fused-ring (bicyclic) bond motifs is 3. The molecular formula is C24H21ClN4O4S. The van der Waals surface area contributed by atoms with E-state index in [1.54, 1.807) is 37.0 Å². The summed E-state index contributed by atoms with van der Waals surface area (Å²) in [5.74, 6) is 1.56. The molecule has 3 heterocycles. The maximum absolute atomic E-state index is 13.3. The monoisotopic (exact) mass is 496 g/mol. The van der Waals surface area contributed by atoms with E-state index in [4.69, 9.17) is 21.1 Å². The highest BCUT2D eigenvalue weighted by atomic mass is 35.5. The van der Waals surface area contributed by atoms with Crippen molar-refractivity contribution < 1.29 is 9.47 Å². The second-order valence-corrected chi connectivity index (χ2v) is 9.09. The Morgan fingerprint density at radius 2 is 1.82 bits per heavy atom. The molecule has 5 rings (SSSR count). The third-order valence-corrected chi connectivity index (χ3v) is 6.81. The molecule has 0 atom stereocenters. The first-order valence-electron chi connectivity index (χ1n) is 10.5. The summed E-state index contributed by atoms with van der Waals surface area (Å²) >= 11 is 7.42. The number of aromatic nitrogens is 4. The fraction of sp³-hybridized carbons (Fsp3) is 0.208. The molecule has 0 spiro atoms. The molecule has 0 radical (unpaired) electrons. The molecule has 174 valence electrons. The average molecular weight is 497 g/mol. The van der Waals surface area contributed by atoms with Gasteiger partial charge in [0, 0.05) is 11.6 Å². The zero-order valence-corrected chi connectivity index (χ0v) is 20.1. The minimum absolute atomic E-state index is 0.169. The Balaban J connectivity index is 1.59. The van der Waals surface area contributed by atoms with Crippen LogP contribution in [0.15, 0.2) is 63.5 Å². The Kier molecular flexibility index (Phi) is 5.89. The van der Waals surface area contributed by atoms with E-state index >= 15 is 0 Å². The van der Waals surface area contributed by atoms with Gasteiger partial charge in [0.1, 0.15) is 4.70 Å². The van der Waals surface area contributed by atoms with Crippen molar-refractivity contribution in [2.45, 2.75) is 19.5 Å². The van der Waals surface area contributed by atoms with Crippen molar-refractivity contribution in [3.8, 4) is 11.5 Å². The zero-order valence-electron chi connectivity index (χ0n) is 18.5. The number of hydrogen-bond donors (Lipinski definition) is 0. The minimum Gasteiger partial charge on any atom is -0.493 e. The van der Waals surface area contributed by atoms with Crippen LogP contribution in [0.25, 0.3) is 16.0 Å². The fourth-order valence-electron chi connectivity index (χ4n) is 4.02. The van der Waals surface area contributed by atoms with Gasteiger partial charge in [0.25, 0.3) is 5.56 Å². The summed E-state index contributed by atoms with van der Waals surface area (Å²) in [5, 5.41) is 6.94. The molecule has 0 saturated heterocycles. The molecule has 0 bridgehead atoms. The number of hydrogen-bond acceptors (Lipinski definition) is 6. The highest BCUT2D eigenvalue weighted by Gasteiger charge is 2.18. The Morgan fingerprint density at radius 3 is 2.59 bits per heavy atom. The van der Waals surface area contributed by atoms with Crippen LogP contribution in [0, 0.1) is 0 Å². The molecule has 0 fully saturated rings. The Morgan fingerprint density at radius 1 is 1.00 bits per heavy atom. The lowest BCUT2D eigenvalue weighted by atomic mass is 10.1. The first-order chi connectivity index (χ1) is 16.5. The predicted octanol–water partition coefficient (Wildman–Crippen LogP) is 3.83. The van der Waals surface area contributed by atoms with Crippen LogP contribution in [0.5, 0.6) is 11.5 Å². The first-order valence-corrected chi connectivity index (χ1v) is 11.8. The van der Waals surface area contributed by atoms with Gasteiger partial charge in [-0.25, -0.2) is 13.9 Å². The number of halogens is 1. The summed E-state index contributed by atoms with van der Waals surface area (Å²) in [6.07, 6.45) is 0.544. The lowest BCUT2D eigenvalue weighted by Crippen LogP contribution is -2.26. The third-order valence-electron chi connectivity index (χ3n) is 5.68. The molecule has 3 aromatic heterocycles. The van der Waals surface area contributed by atoms with Gasteiger partial charge in [-0.1, -0.05) is 29.8 Å². The Hall–Kier alpha value is -3.56. The minimum atomic E-state index is -0.307. The van der Waals surface area contributed by atoms with E-state index in [9.17, 15) is 9.59 Å². The second-order valence-electron chi connectivity index (χ2n) is 7.74. The van der Waals surface area contributed by atoms with Crippen LogP contribution in [0.4, 0.5) is 0 Å². The van der Waals surface area contributed by atoms with E-state index in [0.717, 1.165) is 11.1 Å². The predicted molar refractivity (Wildman–Crippen MR) is 133 cm³/mol. The van der Waals surface area contributed by atoms with Crippen molar-refractivity contribution in [2.24, 2.45) is 0 Å². The summed E-state index contributed by atoms with van der Waals surface area (Å²) in [6, 6.07) is 14.7. The number of ether oxygens (including phenoxy) is 2. The van der Waals surface area contributed by atoms with E-state index in [0.29, 0.717) is 45.5 Å². The summed E-state index contributed by atoms with van der Waals surface area (Å²) in [7, 11) is 3.17. The lowest BCUT2D eigenvalue weighted by Gasteiger charge is -2.11. The number of benzene rings is 2. The van der Waals surface area contributed by atoms with Gasteiger partial charge in [-0.2, -0.15) is 0 Å². The van der Waals surface area contributed by atoms with E-state index in [1.165, 1.54) is 20.4 Å². The lowest BCUT2D eigenvalue weighted by molar-refractivity contribution is 0.354. The molecule has 5 aromatic rings. The van der Waals surface area contributed by atoms with E-state index in [2.05, 4.69) is 5.10 Å². The van der Waals surface area contributed by atoms with Crippen LogP contribution in [-0.4, -0.2) is 33.0 Å². The van der Waals surface area contributed by atoms with Crippen molar-refractivity contribution in [3.05, 3.63) is 90.9 Å². The SMILES string of the molecule is COc1ccc(CCn2c(=O)c3sccc3n3c(=O)n(Cc4cccc(Cl)c4)nc23)cc1OC. The van der Waals surface area contributed by atoms with E-state index < -0.39 is 0 Å². The highest BCUT2D eigenvalue weighted by molar-refractivity contribution is 7.17. The number of rotatable bonds is 7. The van der Waals surface area contributed by atoms with Crippen LogP contribution in [0.2, 0.25) is 5.02 Å². The van der Waals surface area contributed by atoms with Crippen molar-refractivity contribution in [1.82, 2.24) is 18.7 Å². The number of methoxy groups -OCH3 is 2. The Labute approximate surface area is 203 Å². The van der Waals surface area contributed by atoms with Gasteiger partial charge in [-0.3, -0.25) is 9.36 Å². The van der Waals surface area contributed by atoms with Gasteiger partial charge in [-0.15, -0.1) is 16.4 Å². The average Bonchev–Trinajstić information content (AvgIpc) is 3.44. The number of nitrogens with zero attached hydrogens (tertiary/aromatic N) is 4. The molecule has 10 heteroatoms. The first kappa shape index (κ1) is 22.2. The number of aryl methyl sites for hydroxylation is 2. The molecule has 0 aliphatic rings. The summed E-state index contributed by atoms with van der Waals surface area (Å²) in [6.45, 7) is 0.593. The number of thiophene rings is 1. The van der Waals surface area contributed by atoms with Crippen LogP contribution >= 0.6 is 22.9 Å². The van der Waals surface area contributed by atoms with Gasteiger partial charge in [0.2, 0.25) is 5.78 Å². The largest absolute Gasteiger partial charge is 0.493 e. The summed E-state index contributed by atoms with van der Waals surface area (Å²) in [4.78, 5) is 26.6. The van der Waals surface area contributed by atoms with Crippen LogP contribution in [0.1, 0.15) is 11.1 Å². The summed E-state index contributed by atoms with van der Waals surface area (Å²) < 4.78 is 15.6. The highest BCUT2D eigenvalue weighted by Crippen LogP contribution is 2.28. The maximum atomic E-state index is 13.3.